The van der Waals surface area contributed by atoms with E-state index in [1.54, 1.807) is 7.11 Å². The predicted molar refractivity (Wildman–Crippen MR) is 51.3 cm³/mol. The van der Waals surface area contributed by atoms with Crippen LogP contribution in [0.15, 0.2) is 24.3 Å². The third kappa shape index (κ3) is 2.89. The Bertz CT molecular complexity index is 301. The fraction of sp³-hybridized carbons (Fsp3) is 0.364. The molecular formula is C11H13NO. The lowest BCUT2D eigenvalue weighted by Gasteiger charge is -2.04. The number of hydrogen-bond donors (Lipinski definition) is 0. The molecule has 1 aromatic rings. The third-order valence-corrected chi connectivity index (χ3v) is 1.96. The second-order valence-electron chi connectivity index (χ2n) is 2.85. The van der Waals surface area contributed by atoms with Gasteiger partial charge >= 0.3 is 0 Å². The summed E-state index contributed by atoms with van der Waals surface area (Å²) in [6.07, 6.45) is 1.37. The van der Waals surface area contributed by atoms with Crippen molar-refractivity contribution < 1.29 is 4.74 Å². The lowest BCUT2D eigenvalue weighted by atomic mass is 10.0. The van der Waals surface area contributed by atoms with E-state index < -0.39 is 0 Å². The quantitative estimate of drug-likeness (QED) is 0.700. The highest BCUT2D eigenvalue weighted by molar-refractivity contribution is 5.29. The molecule has 0 bridgehead atoms. The van der Waals surface area contributed by atoms with Crippen molar-refractivity contribution in [1.29, 1.82) is 5.26 Å². The van der Waals surface area contributed by atoms with Gasteiger partial charge in [-0.2, -0.15) is 5.26 Å². The number of rotatable bonds is 4. The molecule has 0 aromatic heterocycles. The Morgan fingerprint density at radius 3 is 2.62 bits per heavy atom. The van der Waals surface area contributed by atoms with Crippen molar-refractivity contribution in [1.82, 2.24) is 0 Å². The summed E-state index contributed by atoms with van der Waals surface area (Å²) in [5.74, 6) is 0. The van der Waals surface area contributed by atoms with Crippen LogP contribution in [0.5, 0.6) is 0 Å². The third-order valence-electron chi connectivity index (χ3n) is 1.96. The molecule has 0 fully saturated rings. The Balaban J connectivity index is 2.73. The SMILES string of the molecule is COCCc1ccccc1CC#N. The van der Waals surface area contributed by atoms with Crippen LogP contribution in [0.3, 0.4) is 0 Å². The summed E-state index contributed by atoms with van der Waals surface area (Å²) in [6.45, 7) is 0.711. The zero-order valence-electron chi connectivity index (χ0n) is 7.79. The van der Waals surface area contributed by atoms with Crippen molar-refractivity contribution >= 4 is 0 Å². The molecule has 0 radical (unpaired) electrons. The van der Waals surface area contributed by atoms with Crippen molar-refractivity contribution in [2.75, 3.05) is 13.7 Å². The maximum Gasteiger partial charge on any atom is 0.0669 e. The molecular weight excluding hydrogens is 162 g/mol. The van der Waals surface area contributed by atoms with Gasteiger partial charge < -0.3 is 4.74 Å². The molecule has 0 N–H and O–H groups in total. The van der Waals surface area contributed by atoms with Crippen molar-refractivity contribution in [2.24, 2.45) is 0 Å². The van der Waals surface area contributed by atoms with Gasteiger partial charge in [0, 0.05) is 7.11 Å². The molecule has 0 saturated carbocycles. The average molecular weight is 175 g/mol. The first-order chi connectivity index (χ1) is 6.38. The van der Waals surface area contributed by atoms with Crippen LogP contribution in [0.4, 0.5) is 0 Å². The van der Waals surface area contributed by atoms with Crippen LogP contribution in [-0.2, 0) is 17.6 Å². The standard InChI is InChI=1S/C11H13NO/c1-13-9-7-11-5-3-2-4-10(11)6-8-12/h2-5H,6-7,9H2,1H3. The Morgan fingerprint density at radius 1 is 1.31 bits per heavy atom. The van der Waals surface area contributed by atoms with Crippen molar-refractivity contribution in [3.8, 4) is 6.07 Å². The summed E-state index contributed by atoms with van der Waals surface area (Å²) in [5, 5.41) is 8.59. The number of ether oxygens (including phenoxy) is 1. The monoisotopic (exact) mass is 175 g/mol. The summed E-state index contributed by atoms with van der Waals surface area (Å²) in [6, 6.07) is 10.2. The Hall–Kier alpha value is -1.33. The highest BCUT2D eigenvalue weighted by Crippen LogP contribution is 2.09. The van der Waals surface area contributed by atoms with Crippen LogP contribution < -0.4 is 0 Å². The molecule has 0 atom stereocenters. The van der Waals surface area contributed by atoms with Gasteiger partial charge in [0.05, 0.1) is 19.1 Å². The van der Waals surface area contributed by atoms with Crippen molar-refractivity contribution in [3.63, 3.8) is 0 Å². The largest absolute Gasteiger partial charge is 0.384 e. The normalized spacial score (nSPS) is 9.54. The van der Waals surface area contributed by atoms with Gasteiger partial charge in [0.15, 0.2) is 0 Å². The smallest absolute Gasteiger partial charge is 0.0669 e. The first-order valence-electron chi connectivity index (χ1n) is 4.31. The maximum atomic E-state index is 8.59. The van der Waals surface area contributed by atoms with Gasteiger partial charge in [-0.25, -0.2) is 0 Å². The zero-order chi connectivity index (χ0) is 9.52. The first kappa shape index (κ1) is 9.76. The number of hydrogen-bond acceptors (Lipinski definition) is 2. The van der Waals surface area contributed by atoms with Crippen LogP contribution in [0.2, 0.25) is 0 Å². The van der Waals surface area contributed by atoms with E-state index in [-0.39, 0.29) is 0 Å². The molecule has 68 valence electrons. The summed E-state index contributed by atoms with van der Waals surface area (Å²) >= 11 is 0. The molecule has 0 spiro atoms. The maximum absolute atomic E-state index is 8.59. The zero-order valence-corrected chi connectivity index (χ0v) is 7.79. The van der Waals surface area contributed by atoms with Crippen LogP contribution in [0.25, 0.3) is 0 Å². The topological polar surface area (TPSA) is 33.0 Å². The molecule has 0 amide bonds. The van der Waals surface area contributed by atoms with Gasteiger partial charge in [-0.1, -0.05) is 24.3 Å². The van der Waals surface area contributed by atoms with E-state index in [0.717, 1.165) is 12.0 Å². The molecule has 1 aromatic carbocycles. The molecule has 0 unspecified atom stereocenters. The van der Waals surface area contributed by atoms with E-state index in [2.05, 4.69) is 6.07 Å². The van der Waals surface area contributed by atoms with E-state index in [4.69, 9.17) is 10.00 Å². The summed E-state index contributed by atoms with van der Waals surface area (Å²) in [7, 11) is 1.69. The summed E-state index contributed by atoms with van der Waals surface area (Å²) in [5.41, 5.74) is 2.33. The minimum Gasteiger partial charge on any atom is -0.384 e. The van der Waals surface area contributed by atoms with Crippen molar-refractivity contribution in [2.45, 2.75) is 12.8 Å². The van der Waals surface area contributed by atoms with E-state index in [1.165, 1.54) is 5.56 Å². The van der Waals surface area contributed by atoms with Crippen LogP contribution in [0, 0.1) is 11.3 Å². The molecule has 0 aliphatic heterocycles. The molecule has 13 heavy (non-hydrogen) atoms. The predicted octanol–water partition coefficient (Wildman–Crippen LogP) is 1.94. The Labute approximate surface area is 78.8 Å². The number of benzene rings is 1. The highest BCUT2D eigenvalue weighted by Gasteiger charge is 1.99. The van der Waals surface area contributed by atoms with E-state index in [1.807, 2.05) is 24.3 Å². The fourth-order valence-electron chi connectivity index (χ4n) is 1.27. The Morgan fingerprint density at radius 2 is 2.00 bits per heavy atom. The molecule has 0 aliphatic carbocycles. The molecule has 2 nitrogen and oxygen atoms in total. The van der Waals surface area contributed by atoms with Gasteiger partial charge in [-0.3, -0.25) is 0 Å². The molecule has 0 heterocycles. The van der Waals surface area contributed by atoms with E-state index in [9.17, 15) is 0 Å². The average Bonchev–Trinajstić information content (AvgIpc) is 2.17. The number of nitrogens with zero attached hydrogens (tertiary/aromatic N) is 1. The fourth-order valence-corrected chi connectivity index (χ4v) is 1.27. The lowest BCUT2D eigenvalue weighted by molar-refractivity contribution is 0.202. The minimum atomic E-state index is 0.486. The second-order valence-corrected chi connectivity index (χ2v) is 2.85. The van der Waals surface area contributed by atoms with Gasteiger partial charge in [-0.15, -0.1) is 0 Å². The van der Waals surface area contributed by atoms with Crippen LogP contribution >= 0.6 is 0 Å². The number of nitriles is 1. The first-order valence-corrected chi connectivity index (χ1v) is 4.31. The van der Waals surface area contributed by atoms with E-state index in [0.29, 0.717) is 13.0 Å². The molecule has 0 saturated heterocycles. The molecule has 1 rings (SSSR count). The Kier molecular flexibility index (Phi) is 4.01. The molecule has 2 heteroatoms. The summed E-state index contributed by atoms with van der Waals surface area (Å²) < 4.78 is 5.00. The second kappa shape index (κ2) is 5.34. The molecule has 0 aliphatic rings. The minimum absolute atomic E-state index is 0.486. The van der Waals surface area contributed by atoms with Gasteiger partial charge in [0.2, 0.25) is 0 Å². The van der Waals surface area contributed by atoms with Gasteiger partial charge in [0.1, 0.15) is 0 Å². The summed E-state index contributed by atoms with van der Waals surface area (Å²) in [4.78, 5) is 0. The highest BCUT2D eigenvalue weighted by atomic mass is 16.5. The van der Waals surface area contributed by atoms with Gasteiger partial charge in [0.25, 0.3) is 0 Å². The lowest BCUT2D eigenvalue weighted by Crippen LogP contribution is -1.98. The van der Waals surface area contributed by atoms with E-state index >= 15 is 0 Å². The van der Waals surface area contributed by atoms with Crippen LogP contribution in [0.1, 0.15) is 11.1 Å². The van der Waals surface area contributed by atoms with Gasteiger partial charge in [-0.05, 0) is 17.5 Å². The van der Waals surface area contributed by atoms with Crippen LogP contribution in [-0.4, -0.2) is 13.7 Å². The van der Waals surface area contributed by atoms with Crippen molar-refractivity contribution in [3.05, 3.63) is 35.4 Å². The number of methoxy groups -OCH3 is 1.